The van der Waals surface area contributed by atoms with Crippen molar-refractivity contribution >= 4 is 23.2 Å². The molecule has 3 atom stereocenters. The quantitative estimate of drug-likeness (QED) is 0.922. The van der Waals surface area contributed by atoms with Gasteiger partial charge in [0.2, 0.25) is 11.8 Å². The molecule has 1 N–H and O–H groups in total. The van der Waals surface area contributed by atoms with Crippen LogP contribution < -0.4 is 5.32 Å². The highest BCUT2D eigenvalue weighted by Crippen LogP contribution is 2.31. The van der Waals surface area contributed by atoms with Gasteiger partial charge in [-0.05, 0) is 31.2 Å². The molecule has 1 aliphatic heterocycles. The third kappa shape index (κ3) is 2.52. The van der Waals surface area contributed by atoms with E-state index in [0.717, 1.165) is 4.88 Å². The van der Waals surface area contributed by atoms with Gasteiger partial charge in [-0.25, -0.2) is 0 Å². The highest BCUT2D eigenvalue weighted by molar-refractivity contribution is 7.10. The zero-order valence-electron chi connectivity index (χ0n) is 11.7. The molecule has 3 unspecified atom stereocenters. The van der Waals surface area contributed by atoms with Crippen LogP contribution in [0, 0.1) is 5.92 Å². The Hall–Kier alpha value is -1.36. The van der Waals surface area contributed by atoms with Gasteiger partial charge in [-0.2, -0.15) is 0 Å². The topological polar surface area (TPSA) is 49.4 Å². The highest BCUT2D eigenvalue weighted by Gasteiger charge is 2.42. The van der Waals surface area contributed by atoms with Crippen molar-refractivity contribution in [2.45, 2.75) is 45.8 Å². The van der Waals surface area contributed by atoms with Crippen molar-refractivity contribution in [3.63, 3.8) is 0 Å². The minimum Gasteiger partial charge on any atom is -0.343 e. The smallest absolute Gasteiger partial charge is 0.246 e. The molecule has 5 heteroatoms. The van der Waals surface area contributed by atoms with Crippen LogP contribution in [0.4, 0.5) is 0 Å². The van der Waals surface area contributed by atoms with E-state index in [0.29, 0.717) is 0 Å². The second-order valence-electron chi connectivity index (χ2n) is 5.36. The van der Waals surface area contributed by atoms with Crippen LogP contribution in [0.3, 0.4) is 0 Å². The molecule has 0 saturated carbocycles. The second kappa shape index (κ2) is 5.33. The van der Waals surface area contributed by atoms with Gasteiger partial charge in [-0.15, -0.1) is 11.3 Å². The molecule has 1 saturated heterocycles. The number of piperazine rings is 1. The Morgan fingerprint density at radius 3 is 2.53 bits per heavy atom. The Bertz CT molecular complexity index is 470. The number of carbonyl (C=O) groups excluding carboxylic acids is 2. The van der Waals surface area contributed by atoms with E-state index in [9.17, 15) is 9.59 Å². The molecule has 0 aromatic carbocycles. The number of thiophene rings is 1. The summed E-state index contributed by atoms with van der Waals surface area (Å²) in [6.07, 6.45) is 0. The lowest BCUT2D eigenvalue weighted by molar-refractivity contribution is -0.153. The fourth-order valence-electron chi connectivity index (χ4n) is 2.57. The van der Waals surface area contributed by atoms with Crippen LogP contribution >= 0.6 is 11.3 Å². The summed E-state index contributed by atoms with van der Waals surface area (Å²) in [5.41, 5.74) is 0. The van der Waals surface area contributed by atoms with Crippen molar-refractivity contribution in [1.29, 1.82) is 0 Å². The number of rotatable bonds is 3. The van der Waals surface area contributed by atoms with Crippen molar-refractivity contribution in [2.75, 3.05) is 0 Å². The Morgan fingerprint density at radius 2 is 2.00 bits per heavy atom. The Balaban J connectivity index is 2.36. The van der Waals surface area contributed by atoms with Crippen molar-refractivity contribution in [3.05, 3.63) is 22.4 Å². The van der Waals surface area contributed by atoms with E-state index in [1.165, 1.54) is 0 Å². The number of hydrogen-bond donors (Lipinski definition) is 1. The lowest BCUT2D eigenvalue weighted by Crippen LogP contribution is -2.64. The van der Waals surface area contributed by atoms with E-state index >= 15 is 0 Å². The lowest BCUT2D eigenvalue weighted by Gasteiger charge is -2.43. The van der Waals surface area contributed by atoms with Gasteiger partial charge in [-0.1, -0.05) is 19.9 Å². The number of hydrogen-bond acceptors (Lipinski definition) is 3. The van der Waals surface area contributed by atoms with Crippen LogP contribution in [0.1, 0.15) is 38.6 Å². The molecule has 0 aliphatic carbocycles. The first-order valence-corrected chi connectivity index (χ1v) is 7.47. The van der Waals surface area contributed by atoms with E-state index in [2.05, 4.69) is 5.32 Å². The molecule has 0 radical (unpaired) electrons. The predicted molar refractivity (Wildman–Crippen MR) is 75.8 cm³/mol. The van der Waals surface area contributed by atoms with E-state index in [-0.39, 0.29) is 29.8 Å². The lowest BCUT2D eigenvalue weighted by atomic mass is 9.95. The van der Waals surface area contributed by atoms with E-state index < -0.39 is 6.04 Å². The summed E-state index contributed by atoms with van der Waals surface area (Å²) < 4.78 is 0. The van der Waals surface area contributed by atoms with E-state index in [4.69, 9.17) is 0 Å². The molecule has 4 nitrogen and oxygen atoms in total. The molecule has 1 fully saturated rings. The molecule has 2 heterocycles. The summed E-state index contributed by atoms with van der Waals surface area (Å²) in [6.45, 7) is 7.68. The average Bonchev–Trinajstić information content (AvgIpc) is 2.85. The summed E-state index contributed by atoms with van der Waals surface area (Å²) >= 11 is 1.62. The first-order valence-electron chi connectivity index (χ1n) is 6.59. The van der Waals surface area contributed by atoms with Crippen LogP contribution in [-0.2, 0) is 9.59 Å². The zero-order valence-corrected chi connectivity index (χ0v) is 12.5. The Kier molecular flexibility index (Phi) is 3.94. The van der Waals surface area contributed by atoms with Crippen molar-refractivity contribution in [3.8, 4) is 0 Å². The maximum Gasteiger partial charge on any atom is 0.246 e. The molecule has 1 aromatic heterocycles. The van der Waals surface area contributed by atoms with Crippen LogP contribution in [0.5, 0.6) is 0 Å². The normalized spacial score (nSPS) is 25.6. The van der Waals surface area contributed by atoms with Gasteiger partial charge in [-0.3, -0.25) is 9.59 Å². The molecule has 19 heavy (non-hydrogen) atoms. The minimum absolute atomic E-state index is 0.000741. The number of nitrogens with one attached hydrogen (secondary N) is 1. The second-order valence-corrected chi connectivity index (χ2v) is 6.34. The molecular weight excluding hydrogens is 260 g/mol. The van der Waals surface area contributed by atoms with Crippen LogP contribution in [0.15, 0.2) is 17.5 Å². The Morgan fingerprint density at radius 1 is 1.32 bits per heavy atom. The third-order valence-corrected chi connectivity index (χ3v) is 4.60. The molecule has 1 aliphatic rings. The molecule has 0 bridgehead atoms. The summed E-state index contributed by atoms with van der Waals surface area (Å²) in [5.74, 6) is 0.0450. The van der Waals surface area contributed by atoms with Crippen LogP contribution in [-0.4, -0.2) is 28.8 Å². The molecule has 104 valence electrons. The summed E-state index contributed by atoms with van der Waals surface area (Å²) in [5, 5.41) is 4.76. The van der Waals surface area contributed by atoms with E-state index in [1.807, 2.05) is 38.3 Å². The van der Waals surface area contributed by atoms with E-state index in [1.54, 1.807) is 23.2 Å². The van der Waals surface area contributed by atoms with Gasteiger partial charge < -0.3 is 10.2 Å². The van der Waals surface area contributed by atoms with Crippen molar-refractivity contribution in [2.24, 2.45) is 5.92 Å². The summed E-state index contributed by atoms with van der Waals surface area (Å²) in [4.78, 5) is 27.5. The number of nitrogens with zero attached hydrogens (tertiary/aromatic N) is 1. The maximum atomic E-state index is 12.4. The largest absolute Gasteiger partial charge is 0.343 e. The molecule has 0 spiro atoms. The van der Waals surface area contributed by atoms with Gasteiger partial charge in [0.1, 0.15) is 12.1 Å². The molecule has 2 rings (SSSR count). The van der Waals surface area contributed by atoms with Gasteiger partial charge in [0.15, 0.2) is 0 Å². The first kappa shape index (κ1) is 14.1. The van der Waals surface area contributed by atoms with Crippen LogP contribution in [0.2, 0.25) is 0 Å². The fourth-order valence-corrected chi connectivity index (χ4v) is 3.35. The van der Waals surface area contributed by atoms with Gasteiger partial charge in [0.25, 0.3) is 0 Å². The monoisotopic (exact) mass is 280 g/mol. The van der Waals surface area contributed by atoms with Gasteiger partial charge >= 0.3 is 0 Å². The standard InChI is InChI=1S/C14H20N2O2S/c1-8(2)12-13(17)15-9(3)14(18)16(12)10(4)11-6-5-7-19-11/h5-10,12H,1-4H3,(H,15,17). The van der Waals surface area contributed by atoms with Crippen molar-refractivity contribution in [1.82, 2.24) is 10.2 Å². The van der Waals surface area contributed by atoms with Crippen molar-refractivity contribution < 1.29 is 9.59 Å². The molecular formula is C14H20N2O2S. The summed E-state index contributed by atoms with van der Waals surface area (Å²) in [6, 6.07) is 3.09. The average molecular weight is 280 g/mol. The highest BCUT2D eigenvalue weighted by atomic mass is 32.1. The fraction of sp³-hybridized carbons (Fsp3) is 0.571. The molecule has 2 amide bonds. The molecule has 1 aromatic rings. The third-order valence-electron chi connectivity index (χ3n) is 3.56. The zero-order chi connectivity index (χ0) is 14.2. The first-order chi connectivity index (χ1) is 8.93. The predicted octanol–water partition coefficient (Wildman–Crippen LogP) is 2.18. The summed E-state index contributed by atoms with van der Waals surface area (Å²) in [7, 11) is 0. The Labute approximate surface area is 117 Å². The number of amides is 2. The van der Waals surface area contributed by atoms with Gasteiger partial charge in [0, 0.05) is 4.88 Å². The van der Waals surface area contributed by atoms with Crippen LogP contribution in [0.25, 0.3) is 0 Å². The SMILES string of the molecule is CC1NC(=O)C(C(C)C)N(C(C)c2cccs2)C1=O. The van der Waals surface area contributed by atoms with Gasteiger partial charge in [0.05, 0.1) is 6.04 Å². The minimum atomic E-state index is -0.440. The number of carbonyl (C=O) groups is 2. The maximum absolute atomic E-state index is 12.4.